The number of rotatable bonds is 7. The van der Waals surface area contributed by atoms with Gasteiger partial charge in [0.15, 0.2) is 5.76 Å². The van der Waals surface area contributed by atoms with E-state index in [1.807, 2.05) is 30.5 Å². The molecule has 2 atom stereocenters. The number of hydrogen-bond donors (Lipinski definition) is 2. The van der Waals surface area contributed by atoms with Crippen molar-refractivity contribution in [3.05, 3.63) is 54.0 Å². The zero-order chi connectivity index (χ0) is 18.4. The van der Waals surface area contributed by atoms with Crippen molar-refractivity contribution in [3.63, 3.8) is 0 Å². The first-order valence-electron chi connectivity index (χ1n) is 8.54. The molecule has 7 heteroatoms. The largest absolute Gasteiger partial charge is 0.493 e. The Balaban J connectivity index is 1.69. The second kappa shape index (κ2) is 8.80. The number of fused-ring (bicyclic) bond motifs is 1. The molecule has 2 aromatic rings. The molecule has 2 amide bonds. The normalized spacial score (nSPS) is 16.9. The molecule has 0 fully saturated rings. The number of para-hydroxylation sites is 1. The molecule has 138 valence electrons. The molecule has 0 unspecified atom stereocenters. The van der Waals surface area contributed by atoms with Gasteiger partial charge in [0.1, 0.15) is 11.8 Å². The predicted octanol–water partition coefficient (Wildman–Crippen LogP) is 2.77. The summed E-state index contributed by atoms with van der Waals surface area (Å²) in [7, 11) is 0. The molecule has 1 aromatic heterocycles. The maximum absolute atomic E-state index is 12.8. The molecule has 1 aromatic carbocycles. The van der Waals surface area contributed by atoms with Gasteiger partial charge in [-0.1, -0.05) is 18.2 Å². The standard InChI is InChI=1S/C19H22N2O4S/c1-26-12-9-15(21-19(23)17-7-4-10-24-17)18(22)20-14-8-11-25-16-6-3-2-5-13(14)16/h2-7,10,14-15H,8-9,11-12H2,1H3,(H,20,22)(H,21,23)/t14-,15-/m0/s1. The highest BCUT2D eigenvalue weighted by atomic mass is 32.2. The van der Waals surface area contributed by atoms with Crippen LogP contribution in [0.25, 0.3) is 0 Å². The Labute approximate surface area is 156 Å². The van der Waals surface area contributed by atoms with Gasteiger partial charge in [0.2, 0.25) is 5.91 Å². The first-order chi connectivity index (χ1) is 12.7. The SMILES string of the molecule is CSCC[C@H](NC(=O)c1ccco1)C(=O)N[C@H]1CCOc2ccccc21. The average molecular weight is 374 g/mol. The van der Waals surface area contributed by atoms with Crippen molar-refractivity contribution in [1.82, 2.24) is 10.6 Å². The van der Waals surface area contributed by atoms with Crippen LogP contribution in [-0.4, -0.2) is 36.5 Å². The van der Waals surface area contributed by atoms with Crippen LogP contribution < -0.4 is 15.4 Å². The number of furan rings is 1. The summed E-state index contributed by atoms with van der Waals surface area (Å²) >= 11 is 1.63. The molecule has 2 N–H and O–H groups in total. The topological polar surface area (TPSA) is 80.6 Å². The monoisotopic (exact) mass is 374 g/mol. The molecule has 2 heterocycles. The summed E-state index contributed by atoms with van der Waals surface area (Å²) < 4.78 is 10.7. The second-order valence-electron chi connectivity index (χ2n) is 6.02. The summed E-state index contributed by atoms with van der Waals surface area (Å²) in [5, 5.41) is 5.84. The molecule has 1 aliphatic heterocycles. The average Bonchev–Trinajstić information content (AvgIpc) is 3.20. The van der Waals surface area contributed by atoms with Crippen molar-refractivity contribution < 1.29 is 18.7 Å². The van der Waals surface area contributed by atoms with Crippen molar-refractivity contribution in [3.8, 4) is 5.75 Å². The summed E-state index contributed by atoms with van der Waals surface area (Å²) in [6.45, 7) is 0.552. The number of thioether (sulfide) groups is 1. The summed E-state index contributed by atoms with van der Waals surface area (Å²) in [6.07, 6.45) is 4.65. The molecular formula is C19H22N2O4S. The van der Waals surface area contributed by atoms with Crippen molar-refractivity contribution >= 4 is 23.6 Å². The van der Waals surface area contributed by atoms with Crippen LogP contribution in [0.4, 0.5) is 0 Å². The number of benzene rings is 1. The van der Waals surface area contributed by atoms with Crippen molar-refractivity contribution in [2.24, 2.45) is 0 Å². The number of ether oxygens (including phenoxy) is 1. The number of carbonyl (C=O) groups is 2. The zero-order valence-electron chi connectivity index (χ0n) is 14.6. The lowest BCUT2D eigenvalue weighted by Gasteiger charge is -2.28. The maximum Gasteiger partial charge on any atom is 0.287 e. The fourth-order valence-corrected chi connectivity index (χ4v) is 3.38. The third kappa shape index (κ3) is 4.40. The molecule has 26 heavy (non-hydrogen) atoms. The molecule has 0 saturated carbocycles. The van der Waals surface area contributed by atoms with E-state index in [4.69, 9.17) is 9.15 Å². The van der Waals surface area contributed by atoms with Crippen LogP contribution in [0, 0.1) is 0 Å². The van der Waals surface area contributed by atoms with E-state index in [1.54, 1.807) is 23.9 Å². The summed E-state index contributed by atoms with van der Waals surface area (Å²) in [5.41, 5.74) is 0.966. The van der Waals surface area contributed by atoms with Gasteiger partial charge in [0.05, 0.1) is 18.9 Å². The molecule has 6 nitrogen and oxygen atoms in total. The quantitative estimate of drug-likeness (QED) is 0.779. The maximum atomic E-state index is 12.8. The van der Waals surface area contributed by atoms with E-state index in [0.717, 1.165) is 17.1 Å². The number of nitrogens with one attached hydrogen (secondary N) is 2. The van der Waals surface area contributed by atoms with E-state index in [-0.39, 0.29) is 23.6 Å². The van der Waals surface area contributed by atoms with Crippen molar-refractivity contribution in [2.45, 2.75) is 24.9 Å². The molecule has 0 bridgehead atoms. The number of amides is 2. The lowest BCUT2D eigenvalue weighted by atomic mass is 10.00. The molecule has 0 radical (unpaired) electrons. The smallest absolute Gasteiger partial charge is 0.287 e. The Morgan fingerprint density at radius 3 is 2.88 bits per heavy atom. The molecular weight excluding hydrogens is 352 g/mol. The van der Waals surface area contributed by atoms with Crippen LogP contribution in [0.3, 0.4) is 0 Å². The Kier molecular flexibility index (Phi) is 6.22. The van der Waals surface area contributed by atoms with Crippen LogP contribution in [-0.2, 0) is 4.79 Å². The van der Waals surface area contributed by atoms with E-state index in [0.29, 0.717) is 19.4 Å². The highest BCUT2D eigenvalue weighted by Crippen LogP contribution is 2.31. The van der Waals surface area contributed by atoms with Gasteiger partial charge in [-0.25, -0.2) is 0 Å². The van der Waals surface area contributed by atoms with Crippen LogP contribution in [0.5, 0.6) is 5.75 Å². The highest BCUT2D eigenvalue weighted by Gasteiger charge is 2.27. The van der Waals surface area contributed by atoms with Gasteiger partial charge in [0.25, 0.3) is 5.91 Å². The Hall–Kier alpha value is -2.41. The van der Waals surface area contributed by atoms with Crippen molar-refractivity contribution in [1.29, 1.82) is 0 Å². The Morgan fingerprint density at radius 1 is 1.27 bits per heavy atom. The third-order valence-corrected chi connectivity index (χ3v) is 4.90. The molecule has 0 saturated heterocycles. The summed E-state index contributed by atoms with van der Waals surface area (Å²) in [6, 6.07) is 10.2. The second-order valence-corrected chi connectivity index (χ2v) is 7.01. The summed E-state index contributed by atoms with van der Waals surface area (Å²) in [5.74, 6) is 1.18. The Morgan fingerprint density at radius 2 is 2.12 bits per heavy atom. The lowest BCUT2D eigenvalue weighted by Crippen LogP contribution is -2.48. The predicted molar refractivity (Wildman–Crippen MR) is 100 cm³/mol. The minimum Gasteiger partial charge on any atom is -0.493 e. The Bertz CT molecular complexity index is 748. The van der Waals surface area contributed by atoms with Gasteiger partial charge < -0.3 is 19.8 Å². The minimum atomic E-state index is -0.616. The zero-order valence-corrected chi connectivity index (χ0v) is 15.4. The number of carbonyl (C=O) groups excluding carboxylic acids is 2. The van der Waals surface area contributed by atoms with Gasteiger partial charge in [-0.05, 0) is 36.6 Å². The van der Waals surface area contributed by atoms with E-state index in [1.165, 1.54) is 6.26 Å². The van der Waals surface area contributed by atoms with Gasteiger partial charge in [-0.3, -0.25) is 9.59 Å². The van der Waals surface area contributed by atoms with Crippen LogP contribution >= 0.6 is 11.8 Å². The van der Waals surface area contributed by atoms with Crippen LogP contribution in [0.15, 0.2) is 47.1 Å². The van der Waals surface area contributed by atoms with E-state index in [9.17, 15) is 9.59 Å². The van der Waals surface area contributed by atoms with E-state index >= 15 is 0 Å². The van der Waals surface area contributed by atoms with Gasteiger partial charge >= 0.3 is 0 Å². The molecule has 1 aliphatic rings. The van der Waals surface area contributed by atoms with Crippen LogP contribution in [0.2, 0.25) is 0 Å². The van der Waals surface area contributed by atoms with E-state index in [2.05, 4.69) is 10.6 Å². The lowest BCUT2D eigenvalue weighted by molar-refractivity contribution is -0.124. The third-order valence-electron chi connectivity index (χ3n) is 4.25. The van der Waals surface area contributed by atoms with Crippen molar-refractivity contribution in [2.75, 3.05) is 18.6 Å². The minimum absolute atomic E-state index is 0.121. The van der Waals surface area contributed by atoms with Crippen LogP contribution in [0.1, 0.15) is 35.0 Å². The summed E-state index contributed by atoms with van der Waals surface area (Å²) in [4.78, 5) is 25.1. The fourth-order valence-electron chi connectivity index (χ4n) is 2.91. The van der Waals surface area contributed by atoms with Gasteiger partial charge in [0, 0.05) is 12.0 Å². The first-order valence-corrected chi connectivity index (χ1v) is 9.94. The molecule has 0 spiro atoms. The van der Waals surface area contributed by atoms with Gasteiger partial charge in [-0.2, -0.15) is 11.8 Å². The fraction of sp³-hybridized carbons (Fsp3) is 0.368. The molecule has 3 rings (SSSR count). The highest BCUT2D eigenvalue weighted by molar-refractivity contribution is 7.98. The van der Waals surface area contributed by atoms with E-state index < -0.39 is 6.04 Å². The molecule has 0 aliphatic carbocycles. The van der Waals surface area contributed by atoms with Gasteiger partial charge in [-0.15, -0.1) is 0 Å². The number of hydrogen-bond acceptors (Lipinski definition) is 5. The first kappa shape index (κ1) is 18.4.